The van der Waals surface area contributed by atoms with E-state index < -0.39 is 29.8 Å². The van der Waals surface area contributed by atoms with E-state index >= 15 is 0 Å². The lowest BCUT2D eigenvalue weighted by molar-refractivity contribution is -0.132. The van der Waals surface area contributed by atoms with Crippen LogP contribution in [0, 0.1) is 5.92 Å². The van der Waals surface area contributed by atoms with Gasteiger partial charge in [0.05, 0.1) is 23.7 Å². The van der Waals surface area contributed by atoms with Gasteiger partial charge in [0.15, 0.2) is 0 Å². The summed E-state index contributed by atoms with van der Waals surface area (Å²) in [6.45, 7) is 5.74. The van der Waals surface area contributed by atoms with Crippen LogP contribution in [-0.2, 0) is 20.8 Å². The Labute approximate surface area is 209 Å². The number of rotatable bonds is 5. The highest BCUT2D eigenvalue weighted by Gasteiger charge is 2.30. The zero-order valence-corrected chi connectivity index (χ0v) is 20.6. The van der Waals surface area contributed by atoms with Crippen molar-refractivity contribution in [3.63, 3.8) is 0 Å². The van der Waals surface area contributed by atoms with E-state index in [0.717, 1.165) is 0 Å². The SMILES string of the molecule is CC(C)[C@@H]1NC(=O)C[C@@H](C(=O)NCCc2cnccn2)NC(=O)c2ccccc2OC[C@@H](C)NC1=O. The molecule has 4 amide bonds. The maximum Gasteiger partial charge on any atom is 0.255 e. The summed E-state index contributed by atoms with van der Waals surface area (Å²) in [7, 11) is 0. The van der Waals surface area contributed by atoms with Crippen molar-refractivity contribution >= 4 is 23.6 Å². The van der Waals surface area contributed by atoms with Gasteiger partial charge in [0.2, 0.25) is 17.7 Å². The third-order valence-corrected chi connectivity index (χ3v) is 5.58. The minimum absolute atomic E-state index is 0.112. The number of nitrogens with zero attached hydrogens (tertiary/aromatic N) is 2. The Kier molecular flexibility index (Phi) is 9.32. The van der Waals surface area contributed by atoms with Crippen molar-refractivity contribution in [2.24, 2.45) is 5.92 Å². The number of ether oxygens (including phenoxy) is 1. The van der Waals surface area contributed by atoms with Gasteiger partial charge in [-0.05, 0) is 25.0 Å². The standard InChI is InChI=1S/C25H32N6O5/c1-15(2)22-25(35)29-16(3)14-36-20-7-5-4-6-18(20)23(33)30-19(12-21(32)31-22)24(34)28-9-8-17-13-26-10-11-27-17/h4-7,10-11,13,15-16,19,22H,8-9,12,14H2,1-3H3,(H,28,34)(H,29,35)(H,30,33)(H,31,32)/t16-,19+,22+/m1/s1. The molecule has 11 heteroatoms. The average molecular weight is 497 g/mol. The Hall–Kier alpha value is -4.02. The second kappa shape index (κ2) is 12.6. The second-order valence-corrected chi connectivity index (χ2v) is 8.97. The fourth-order valence-corrected chi connectivity index (χ4v) is 3.66. The van der Waals surface area contributed by atoms with E-state index in [1.54, 1.807) is 49.8 Å². The molecule has 0 radical (unpaired) electrons. The van der Waals surface area contributed by atoms with Gasteiger partial charge in [-0.25, -0.2) is 0 Å². The van der Waals surface area contributed by atoms with E-state index in [1.165, 1.54) is 0 Å². The highest BCUT2D eigenvalue weighted by atomic mass is 16.5. The van der Waals surface area contributed by atoms with Crippen LogP contribution in [0.4, 0.5) is 0 Å². The molecule has 4 N–H and O–H groups in total. The van der Waals surface area contributed by atoms with Crippen molar-refractivity contribution in [3.05, 3.63) is 54.1 Å². The van der Waals surface area contributed by atoms with Crippen molar-refractivity contribution in [1.82, 2.24) is 31.2 Å². The monoisotopic (exact) mass is 496 g/mol. The molecule has 3 atom stereocenters. The molecule has 1 aliphatic heterocycles. The first-order valence-electron chi connectivity index (χ1n) is 11.9. The van der Waals surface area contributed by atoms with Crippen LogP contribution >= 0.6 is 0 Å². The number of carbonyl (C=O) groups is 4. The molecule has 2 heterocycles. The van der Waals surface area contributed by atoms with Crippen molar-refractivity contribution in [2.45, 2.75) is 51.7 Å². The Morgan fingerprint density at radius 1 is 1.14 bits per heavy atom. The predicted octanol–water partition coefficient (Wildman–Crippen LogP) is 0.362. The largest absolute Gasteiger partial charge is 0.491 e. The molecule has 11 nitrogen and oxygen atoms in total. The summed E-state index contributed by atoms with van der Waals surface area (Å²) in [6.07, 6.45) is 4.78. The fourth-order valence-electron chi connectivity index (χ4n) is 3.66. The van der Waals surface area contributed by atoms with Crippen LogP contribution in [0.1, 0.15) is 43.2 Å². The maximum atomic E-state index is 13.1. The molecule has 0 fully saturated rings. The zero-order chi connectivity index (χ0) is 26.1. The Morgan fingerprint density at radius 3 is 2.64 bits per heavy atom. The summed E-state index contributed by atoms with van der Waals surface area (Å²) in [5, 5.41) is 10.9. The zero-order valence-electron chi connectivity index (χ0n) is 20.6. The molecule has 0 spiro atoms. The number of carbonyl (C=O) groups excluding carboxylic acids is 4. The molecule has 1 aliphatic rings. The highest BCUT2D eigenvalue weighted by Crippen LogP contribution is 2.19. The summed E-state index contributed by atoms with van der Waals surface area (Å²) in [6, 6.07) is 4.23. The maximum absolute atomic E-state index is 13.1. The van der Waals surface area contributed by atoms with Crippen LogP contribution in [-0.4, -0.2) is 64.9 Å². The van der Waals surface area contributed by atoms with Crippen LogP contribution < -0.4 is 26.0 Å². The van der Waals surface area contributed by atoms with Crippen LogP contribution in [0.3, 0.4) is 0 Å². The number of aromatic nitrogens is 2. The third-order valence-electron chi connectivity index (χ3n) is 5.58. The first kappa shape index (κ1) is 26.6. The van der Waals surface area contributed by atoms with Crippen molar-refractivity contribution in [2.75, 3.05) is 13.2 Å². The number of nitrogens with one attached hydrogen (secondary N) is 4. The normalized spacial score (nSPS) is 21.2. The second-order valence-electron chi connectivity index (χ2n) is 8.97. The van der Waals surface area contributed by atoms with Crippen molar-refractivity contribution in [3.8, 4) is 5.75 Å². The molecule has 2 aromatic rings. The first-order valence-corrected chi connectivity index (χ1v) is 11.9. The highest BCUT2D eigenvalue weighted by molar-refractivity contribution is 6.01. The smallest absolute Gasteiger partial charge is 0.255 e. The quantitative estimate of drug-likeness (QED) is 0.467. The summed E-state index contributed by atoms with van der Waals surface area (Å²) in [5.41, 5.74) is 0.905. The number of para-hydroxylation sites is 1. The molecule has 1 aromatic heterocycles. The first-order chi connectivity index (χ1) is 17.2. The third kappa shape index (κ3) is 7.49. The molecule has 0 bridgehead atoms. The topological polar surface area (TPSA) is 151 Å². The molecular formula is C25H32N6O5. The Morgan fingerprint density at radius 2 is 1.92 bits per heavy atom. The minimum Gasteiger partial charge on any atom is -0.491 e. The molecule has 192 valence electrons. The summed E-state index contributed by atoms with van der Waals surface area (Å²) in [5.74, 6) is -1.88. The molecule has 0 aliphatic carbocycles. The lowest BCUT2D eigenvalue weighted by Crippen LogP contribution is -2.55. The van der Waals surface area contributed by atoms with Gasteiger partial charge in [-0.15, -0.1) is 0 Å². The van der Waals surface area contributed by atoms with E-state index in [1.807, 2.05) is 13.8 Å². The molecular weight excluding hydrogens is 464 g/mol. The Bertz CT molecular complexity index is 1080. The predicted molar refractivity (Wildman–Crippen MR) is 131 cm³/mol. The van der Waals surface area contributed by atoms with E-state index in [4.69, 9.17) is 4.74 Å². The van der Waals surface area contributed by atoms with E-state index in [0.29, 0.717) is 17.9 Å². The Balaban J connectivity index is 1.82. The van der Waals surface area contributed by atoms with Crippen molar-refractivity contribution < 1.29 is 23.9 Å². The molecule has 0 saturated carbocycles. The van der Waals surface area contributed by atoms with E-state index in [9.17, 15) is 19.2 Å². The van der Waals surface area contributed by atoms with Gasteiger partial charge in [-0.2, -0.15) is 0 Å². The molecule has 0 unspecified atom stereocenters. The summed E-state index contributed by atoms with van der Waals surface area (Å²) in [4.78, 5) is 60.0. The molecule has 1 aromatic carbocycles. The van der Waals surface area contributed by atoms with E-state index in [-0.39, 0.29) is 43.0 Å². The molecule has 3 rings (SSSR count). The molecule has 36 heavy (non-hydrogen) atoms. The lowest BCUT2D eigenvalue weighted by atomic mass is 10.0. The van der Waals surface area contributed by atoms with Crippen molar-refractivity contribution in [1.29, 1.82) is 0 Å². The van der Waals surface area contributed by atoms with Gasteiger partial charge in [-0.3, -0.25) is 29.1 Å². The van der Waals surface area contributed by atoms with Crippen LogP contribution in [0.5, 0.6) is 5.75 Å². The van der Waals surface area contributed by atoms with Gasteiger partial charge in [0.1, 0.15) is 24.4 Å². The van der Waals surface area contributed by atoms with Crippen LogP contribution in [0.25, 0.3) is 0 Å². The summed E-state index contributed by atoms with van der Waals surface area (Å²) < 4.78 is 5.81. The number of hydrogen-bond donors (Lipinski definition) is 4. The van der Waals surface area contributed by atoms with E-state index in [2.05, 4.69) is 31.2 Å². The van der Waals surface area contributed by atoms with Gasteiger partial charge in [0, 0.05) is 31.6 Å². The lowest BCUT2D eigenvalue weighted by Gasteiger charge is -2.26. The van der Waals surface area contributed by atoms with Gasteiger partial charge < -0.3 is 26.0 Å². The van der Waals surface area contributed by atoms with Crippen LogP contribution in [0.2, 0.25) is 0 Å². The fraction of sp³-hybridized carbons (Fsp3) is 0.440. The number of hydrogen-bond acceptors (Lipinski definition) is 7. The number of benzene rings is 1. The van der Waals surface area contributed by atoms with Gasteiger partial charge in [-0.1, -0.05) is 26.0 Å². The summed E-state index contributed by atoms with van der Waals surface area (Å²) >= 11 is 0. The van der Waals surface area contributed by atoms with Gasteiger partial charge in [0.25, 0.3) is 5.91 Å². The number of fused-ring (bicyclic) bond motifs is 1. The average Bonchev–Trinajstić information content (AvgIpc) is 2.85. The minimum atomic E-state index is -1.18. The van der Waals surface area contributed by atoms with Crippen LogP contribution in [0.15, 0.2) is 42.9 Å². The van der Waals surface area contributed by atoms with Gasteiger partial charge >= 0.3 is 0 Å². The molecule has 0 saturated heterocycles. The number of amides is 4.